The number of rotatable bonds is 3. The van der Waals surface area contributed by atoms with Gasteiger partial charge >= 0.3 is 0 Å². The molecule has 1 aliphatic heterocycles. The van der Waals surface area contributed by atoms with Crippen LogP contribution < -0.4 is 4.90 Å². The Hall–Kier alpha value is -2.98. The number of carbonyl (C=O) groups is 1. The smallest absolute Gasteiger partial charge is 0.266 e. The largest absolute Gasteiger partial charge is 0.282 e. The first-order valence-electron chi connectivity index (χ1n) is 8.64. The quantitative estimate of drug-likeness (QED) is 0.512. The minimum atomic E-state index is -0.125. The molecule has 0 saturated heterocycles. The molecule has 3 aromatic rings. The minimum Gasteiger partial charge on any atom is -0.266 e. The lowest BCUT2D eigenvalue weighted by atomic mass is 10.1. The molecular weight excluding hydrogens is 400 g/mol. The minimum absolute atomic E-state index is 0.125. The van der Waals surface area contributed by atoms with Crippen LogP contribution in [-0.2, 0) is 4.79 Å². The fourth-order valence-electron chi connectivity index (χ4n) is 2.95. The Labute approximate surface area is 166 Å². The van der Waals surface area contributed by atoms with Crippen molar-refractivity contribution >= 4 is 39.4 Å². The summed E-state index contributed by atoms with van der Waals surface area (Å²) < 4.78 is 0.997. The lowest BCUT2D eigenvalue weighted by Gasteiger charge is -2.18. The Morgan fingerprint density at radius 1 is 0.889 bits per heavy atom. The third-order valence-corrected chi connectivity index (χ3v) is 4.89. The van der Waals surface area contributed by atoms with Gasteiger partial charge in [0.25, 0.3) is 5.91 Å². The maximum Gasteiger partial charge on any atom is 0.282 e. The van der Waals surface area contributed by atoms with E-state index >= 15 is 0 Å². The molecule has 0 unspecified atom stereocenters. The zero-order valence-corrected chi connectivity index (χ0v) is 16.3. The van der Waals surface area contributed by atoms with Crippen molar-refractivity contribution in [3.05, 3.63) is 106 Å². The summed E-state index contributed by atoms with van der Waals surface area (Å²) in [5, 5.41) is 0. The number of amides is 1. The van der Waals surface area contributed by atoms with E-state index in [1.165, 1.54) is 5.56 Å². The van der Waals surface area contributed by atoms with Crippen LogP contribution >= 0.6 is 15.9 Å². The molecule has 1 heterocycles. The van der Waals surface area contributed by atoms with Crippen molar-refractivity contribution in [2.45, 2.75) is 6.92 Å². The molecule has 1 aliphatic rings. The van der Waals surface area contributed by atoms with E-state index in [-0.39, 0.29) is 5.91 Å². The summed E-state index contributed by atoms with van der Waals surface area (Å²) in [4.78, 5) is 19.5. The molecule has 1 amide bonds. The molecular formula is C23H17BrN2O. The number of carbonyl (C=O) groups excluding carboxylic acids is 1. The number of aliphatic imine (C=N–C) groups is 1. The normalized spacial score (nSPS) is 15.3. The number of para-hydroxylation sites is 1. The van der Waals surface area contributed by atoms with Crippen LogP contribution in [0.2, 0.25) is 0 Å². The van der Waals surface area contributed by atoms with Crippen LogP contribution in [0.1, 0.15) is 16.7 Å². The highest BCUT2D eigenvalue weighted by molar-refractivity contribution is 9.10. The second kappa shape index (κ2) is 7.33. The van der Waals surface area contributed by atoms with Crippen LogP contribution in [0.3, 0.4) is 0 Å². The van der Waals surface area contributed by atoms with Crippen molar-refractivity contribution in [1.82, 2.24) is 0 Å². The van der Waals surface area contributed by atoms with Crippen molar-refractivity contribution in [1.29, 1.82) is 0 Å². The lowest BCUT2D eigenvalue weighted by Crippen LogP contribution is -2.32. The number of hydrogen-bond acceptors (Lipinski definition) is 2. The highest BCUT2D eigenvalue weighted by Gasteiger charge is 2.32. The van der Waals surface area contributed by atoms with Crippen LogP contribution in [-0.4, -0.2) is 11.7 Å². The van der Waals surface area contributed by atoms with E-state index in [9.17, 15) is 4.79 Å². The van der Waals surface area contributed by atoms with E-state index in [0.29, 0.717) is 11.5 Å². The summed E-state index contributed by atoms with van der Waals surface area (Å²) in [5.74, 6) is 0.522. The van der Waals surface area contributed by atoms with Gasteiger partial charge in [-0.1, -0.05) is 76.1 Å². The Morgan fingerprint density at radius 2 is 1.56 bits per heavy atom. The van der Waals surface area contributed by atoms with Crippen molar-refractivity contribution in [3.63, 3.8) is 0 Å². The third-order valence-electron chi connectivity index (χ3n) is 4.36. The maximum absolute atomic E-state index is 13.2. The SMILES string of the molecule is Cc1ccc(C2=N/C(=C/c3ccc(Br)cc3)C(=O)N2c2ccccc2)cc1. The van der Waals surface area contributed by atoms with Crippen molar-refractivity contribution < 1.29 is 4.79 Å². The number of amidine groups is 1. The van der Waals surface area contributed by atoms with Gasteiger partial charge < -0.3 is 0 Å². The van der Waals surface area contributed by atoms with Gasteiger partial charge in [-0.2, -0.15) is 0 Å². The number of benzene rings is 3. The summed E-state index contributed by atoms with van der Waals surface area (Å²) in [6.07, 6.45) is 1.83. The highest BCUT2D eigenvalue weighted by atomic mass is 79.9. The predicted octanol–water partition coefficient (Wildman–Crippen LogP) is 5.59. The van der Waals surface area contributed by atoms with Crippen LogP contribution in [0.4, 0.5) is 5.69 Å². The summed E-state index contributed by atoms with van der Waals surface area (Å²) in [6.45, 7) is 2.04. The first kappa shape index (κ1) is 17.4. The second-order valence-corrected chi connectivity index (χ2v) is 7.27. The average Bonchev–Trinajstić information content (AvgIpc) is 3.01. The topological polar surface area (TPSA) is 32.7 Å². The molecule has 0 bridgehead atoms. The van der Waals surface area contributed by atoms with E-state index in [1.807, 2.05) is 91.9 Å². The van der Waals surface area contributed by atoms with Gasteiger partial charge in [-0.05, 0) is 42.8 Å². The van der Waals surface area contributed by atoms with Gasteiger partial charge in [0, 0.05) is 10.0 Å². The Kier molecular flexibility index (Phi) is 4.73. The number of aryl methyl sites for hydroxylation is 1. The van der Waals surface area contributed by atoms with Gasteiger partial charge in [0.05, 0.1) is 5.69 Å². The van der Waals surface area contributed by atoms with E-state index in [1.54, 1.807) is 4.90 Å². The second-order valence-electron chi connectivity index (χ2n) is 6.36. The van der Waals surface area contributed by atoms with Gasteiger partial charge in [0.15, 0.2) is 0 Å². The van der Waals surface area contributed by atoms with Crippen molar-refractivity contribution in [2.24, 2.45) is 4.99 Å². The van der Waals surface area contributed by atoms with Gasteiger partial charge in [-0.15, -0.1) is 0 Å². The fraction of sp³-hybridized carbons (Fsp3) is 0.0435. The van der Waals surface area contributed by atoms with Crippen LogP contribution in [0.5, 0.6) is 0 Å². The molecule has 3 nitrogen and oxygen atoms in total. The first-order valence-corrected chi connectivity index (χ1v) is 9.43. The molecule has 4 rings (SSSR count). The zero-order valence-electron chi connectivity index (χ0n) is 14.8. The molecule has 0 spiro atoms. The van der Waals surface area contributed by atoms with E-state index in [4.69, 9.17) is 0 Å². The molecule has 0 N–H and O–H groups in total. The average molecular weight is 417 g/mol. The third kappa shape index (κ3) is 3.62. The molecule has 0 aliphatic carbocycles. The standard InChI is InChI=1S/C23H17BrN2O/c1-16-7-11-18(12-8-16)22-25-21(15-17-9-13-19(24)14-10-17)23(27)26(22)20-5-3-2-4-6-20/h2-15H,1H3/b21-15+. The van der Waals surface area contributed by atoms with Crippen LogP contribution in [0, 0.1) is 6.92 Å². The van der Waals surface area contributed by atoms with E-state index in [2.05, 4.69) is 20.9 Å². The van der Waals surface area contributed by atoms with Gasteiger partial charge in [-0.3, -0.25) is 9.69 Å². The number of hydrogen-bond donors (Lipinski definition) is 0. The zero-order chi connectivity index (χ0) is 18.8. The predicted molar refractivity (Wildman–Crippen MR) is 114 cm³/mol. The monoisotopic (exact) mass is 416 g/mol. The Balaban J connectivity index is 1.81. The molecule has 132 valence electrons. The molecule has 0 atom stereocenters. The van der Waals surface area contributed by atoms with Crippen LogP contribution in [0.15, 0.2) is 94.0 Å². The Bertz CT molecular complexity index is 1040. The van der Waals surface area contributed by atoms with Gasteiger partial charge in [-0.25, -0.2) is 4.99 Å². The fourth-order valence-corrected chi connectivity index (χ4v) is 3.21. The molecule has 0 radical (unpaired) electrons. The highest BCUT2D eigenvalue weighted by Crippen LogP contribution is 2.28. The molecule has 0 aromatic heterocycles. The lowest BCUT2D eigenvalue weighted by molar-refractivity contribution is -0.113. The summed E-state index contributed by atoms with van der Waals surface area (Å²) in [5.41, 5.74) is 4.25. The van der Waals surface area contributed by atoms with E-state index < -0.39 is 0 Å². The van der Waals surface area contributed by atoms with Crippen molar-refractivity contribution in [2.75, 3.05) is 4.90 Å². The summed E-state index contributed by atoms with van der Waals surface area (Å²) >= 11 is 3.43. The number of halogens is 1. The van der Waals surface area contributed by atoms with Crippen LogP contribution in [0.25, 0.3) is 6.08 Å². The Morgan fingerprint density at radius 3 is 2.22 bits per heavy atom. The molecule has 4 heteroatoms. The van der Waals surface area contributed by atoms with Gasteiger partial charge in [0.2, 0.25) is 0 Å². The molecule has 3 aromatic carbocycles. The molecule has 27 heavy (non-hydrogen) atoms. The van der Waals surface area contributed by atoms with E-state index in [0.717, 1.165) is 21.3 Å². The van der Waals surface area contributed by atoms with Gasteiger partial charge in [0.1, 0.15) is 11.5 Å². The number of anilines is 1. The molecule has 0 saturated carbocycles. The maximum atomic E-state index is 13.2. The summed E-state index contributed by atoms with van der Waals surface area (Å²) in [6, 6.07) is 25.5. The first-order chi connectivity index (χ1) is 13.1. The summed E-state index contributed by atoms with van der Waals surface area (Å²) in [7, 11) is 0. The molecule has 0 fully saturated rings. The van der Waals surface area contributed by atoms with Crippen molar-refractivity contribution in [3.8, 4) is 0 Å². The number of nitrogens with zero attached hydrogens (tertiary/aromatic N) is 2.